The lowest BCUT2D eigenvalue weighted by atomic mass is 9.97. The van der Waals surface area contributed by atoms with Crippen molar-refractivity contribution in [1.29, 1.82) is 0 Å². The van der Waals surface area contributed by atoms with Crippen LogP contribution in [-0.2, 0) is 22.4 Å². The molecule has 2 heterocycles. The van der Waals surface area contributed by atoms with Gasteiger partial charge in [0.15, 0.2) is 0 Å². The summed E-state index contributed by atoms with van der Waals surface area (Å²) < 4.78 is 6.67. The molecule has 0 saturated carbocycles. The highest BCUT2D eigenvalue weighted by molar-refractivity contribution is 7.18. The van der Waals surface area contributed by atoms with E-state index in [-0.39, 0.29) is 17.4 Å². The number of aromatic nitrogens is 2. The molecule has 2 aromatic heterocycles. The van der Waals surface area contributed by atoms with Gasteiger partial charge in [-0.05, 0) is 44.1 Å². The number of fused-ring (bicyclic) bond motifs is 3. The van der Waals surface area contributed by atoms with E-state index in [0.29, 0.717) is 12.0 Å². The van der Waals surface area contributed by atoms with Gasteiger partial charge in [-0.15, -0.1) is 11.3 Å². The molecule has 1 atom stereocenters. The topological polar surface area (TPSA) is 61.2 Å². The van der Waals surface area contributed by atoms with Gasteiger partial charge in [0.05, 0.1) is 18.3 Å². The molecular formula is C17H22N2O3S. The molecule has 0 fully saturated rings. The molecular weight excluding hydrogens is 312 g/mol. The van der Waals surface area contributed by atoms with E-state index >= 15 is 0 Å². The maximum absolute atomic E-state index is 12.9. The first-order valence-corrected chi connectivity index (χ1v) is 8.98. The van der Waals surface area contributed by atoms with E-state index < -0.39 is 6.04 Å². The lowest BCUT2D eigenvalue weighted by Gasteiger charge is -2.15. The molecule has 6 heteroatoms. The number of esters is 1. The standard InChI is InChI=1S/C17H22N2O3S/c1-10(2)8-22-17(21)11(3)19-9-18-15-14(16(19)20)12-6-4-5-7-13(12)23-15/h9-11H,4-8H2,1-3H3. The van der Waals surface area contributed by atoms with Crippen molar-refractivity contribution < 1.29 is 9.53 Å². The monoisotopic (exact) mass is 334 g/mol. The Bertz CT molecular complexity index is 791. The van der Waals surface area contributed by atoms with Crippen LogP contribution in [0.25, 0.3) is 10.2 Å². The number of hydrogen-bond donors (Lipinski definition) is 0. The molecule has 1 unspecified atom stereocenters. The van der Waals surface area contributed by atoms with Crippen molar-refractivity contribution >= 4 is 27.5 Å². The maximum atomic E-state index is 12.9. The van der Waals surface area contributed by atoms with Crippen LogP contribution < -0.4 is 5.56 Å². The summed E-state index contributed by atoms with van der Waals surface area (Å²) in [6.45, 7) is 6.02. The Labute approximate surface area is 139 Å². The highest BCUT2D eigenvalue weighted by atomic mass is 32.1. The summed E-state index contributed by atoms with van der Waals surface area (Å²) in [7, 11) is 0. The van der Waals surface area contributed by atoms with E-state index in [2.05, 4.69) is 4.98 Å². The summed E-state index contributed by atoms with van der Waals surface area (Å²) in [4.78, 5) is 31.5. The first-order chi connectivity index (χ1) is 11.0. The zero-order valence-electron chi connectivity index (χ0n) is 13.8. The van der Waals surface area contributed by atoms with Crippen LogP contribution in [0.3, 0.4) is 0 Å². The number of rotatable bonds is 4. The minimum absolute atomic E-state index is 0.122. The number of aryl methyl sites for hydroxylation is 2. The van der Waals surface area contributed by atoms with Crippen LogP contribution in [0.4, 0.5) is 0 Å². The molecule has 0 spiro atoms. The Hall–Kier alpha value is -1.69. The average molecular weight is 334 g/mol. The summed E-state index contributed by atoms with van der Waals surface area (Å²) in [6, 6.07) is -0.655. The molecule has 0 radical (unpaired) electrons. The molecule has 0 N–H and O–H groups in total. The van der Waals surface area contributed by atoms with E-state index in [1.165, 1.54) is 22.2 Å². The Kier molecular flexibility index (Phi) is 4.53. The van der Waals surface area contributed by atoms with Crippen molar-refractivity contribution in [2.24, 2.45) is 5.92 Å². The Morgan fingerprint density at radius 2 is 2.09 bits per heavy atom. The van der Waals surface area contributed by atoms with Crippen LogP contribution in [-0.4, -0.2) is 22.1 Å². The molecule has 1 aliphatic rings. The van der Waals surface area contributed by atoms with E-state index in [9.17, 15) is 9.59 Å². The Morgan fingerprint density at radius 3 is 2.83 bits per heavy atom. The Morgan fingerprint density at radius 1 is 1.35 bits per heavy atom. The van der Waals surface area contributed by atoms with Crippen LogP contribution >= 0.6 is 11.3 Å². The van der Waals surface area contributed by atoms with Crippen LogP contribution in [0.15, 0.2) is 11.1 Å². The lowest BCUT2D eigenvalue weighted by Crippen LogP contribution is -2.30. The van der Waals surface area contributed by atoms with Gasteiger partial charge in [-0.2, -0.15) is 0 Å². The third kappa shape index (κ3) is 3.04. The number of carbonyl (C=O) groups excluding carboxylic acids is 1. The molecule has 0 amide bonds. The smallest absolute Gasteiger partial charge is 0.329 e. The average Bonchev–Trinajstić information content (AvgIpc) is 2.91. The Balaban J connectivity index is 1.97. The first kappa shape index (κ1) is 16.2. The number of carbonyl (C=O) groups is 1. The van der Waals surface area contributed by atoms with Gasteiger partial charge in [-0.3, -0.25) is 9.36 Å². The highest BCUT2D eigenvalue weighted by Gasteiger charge is 2.24. The number of ether oxygens (including phenoxy) is 1. The van der Waals surface area contributed by atoms with Crippen molar-refractivity contribution in [3.63, 3.8) is 0 Å². The van der Waals surface area contributed by atoms with Gasteiger partial charge in [-0.1, -0.05) is 13.8 Å². The molecule has 0 aromatic carbocycles. The van der Waals surface area contributed by atoms with Crippen molar-refractivity contribution in [3.05, 3.63) is 27.1 Å². The van der Waals surface area contributed by atoms with Crippen molar-refractivity contribution in [1.82, 2.24) is 9.55 Å². The van der Waals surface area contributed by atoms with Gasteiger partial charge in [0.1, 0.15) is 10.9 Å². The zero-order valence-corrected chi connectivity index (χ0v) is 14.6. The number of thiophene rings is 1. The first-order valence-electron chi connectivity index (χ1n) is 8.17. The number of nitrogens with zero attached hydrogens (tertiary/aromatic N) is 2. The SMILES string of the molecule is CC(C)COC(=O)C(C)n1cnc2sc3c(c2c1=O)CCCC3. The van der Waals surface area contributed by atoms with Crippen LogP contribution in [0.2, 0.25) is 0 Å². The fourth-order valence-electron chi connectivity index (χ4n) is 2.92. The molecule has 1 aliphatic carbocycles. The fraction of sp³-hybridized carbons (Fsp3) is 0.588. The van der Waals surface area contributed by atoms with Gasteiger partial charge in [-0.25, -0.2) is 9.78 Å². The fourth-order valence-corrected chi connectivity index (χ4v) is 4.14. The minimum Gasteiger partial charge on any atom is -0.464 e. The van der Waals surface area contributed by atoms with Crippen LogP contribution in [0.1, 0.15) is 50.1 Å². The van der Waals surface area contributed by atoms with E-state index in [4.69, 9.17) is 4.74 Å². The van der Waals surface area contributed by atoms with Crippen molar-refractivity contribution in [2.45, 2.75) is 52.5 Å². The lowest BCUT2D eigenvalue weighted by molar-refractivity contribution is -0.148. The highest BCUT2D eigenvalue weighted by Crippen LogP contribution is 2.33. The number of hydrogen-bond acceptors (Lipinski definition) is 5. The third-order valence-corrected chi connectivity index (χ3v) is 5.42. The molecule has 0 saturated heterocycles. The molecule has 23 heavy (non-hydrogen) atoms. The molecule has 124 valence electrons. The van der Waals surface area contributed by atoms with Gasteiger partial charge in [0, 0.05) is 4.88 Å². The van der Waals surface area contributed by atoms with Crippen molar-refractivity contribution in [2.75, 3.05) is 6.61 Å². The molecule has 3 rings (SSSR count). The summed E-state index contributed by atoms with van der Waals surface area (Å²) in [5, 5.41) is 0.704. The zero-order chi connectivity index (χ0) is 16.6. The van der Waals surface area contributed by atoms with Crippen LogP contribution in [0, 0.1) is 5.92 Å². The van der Waals surface area contributed by atoms with E-state index in [0.717, 1.165) is 29.7 Å². The summed E-state index contributed by atoms with van der Waals surface area (Å²) in [5.41, 5.74) is 1.02. The minimum atomic E-state index is -0.655. The summed E-state index contributed by atoms with van der Waals surface area (Å²) in [6.07, 6.45) is 5.73. The van der Waals surface area contributed by atoms with Gasteiger partial charge >= 0.3 is 5.97 Å². The van der Waals surface area contributed by atoms with Crippen molar-refractivity contribution in [3.8, 4) is 0 Å². The molecule has 2 aromatic rings. The van der Waals surface area contributed by atoms with Gasteiger partial charge in [0.2, 0.25) is 0 Å². The largest absolute Gasteiger partial charge is 0.464 e. The van der Waals surface area contributed by atoms with E-state index in [1.807, 2.05) is 13.8 Å². The van der Waals surface area contributed by atoms with Gasteiger partial charge < -0.3 is 4.74 Å². The summed E-state index contributed by atoms with van der Waals surface area (Å²) >= 11 is 1.62. The molecule has 0 aliphatic heterocycles. The molecule has 5 nitrogen and oxygen atoms in total. The van der Waals surface area contributed by atoms with Gasteiger partial charge in [0.25, 0.3) is 5.56 Å². The molecule has 0 bridgehead atoms. The second-order valence-corrected chi connectivity index (χ2v) is 7.63. The second-order valence-electron chi connectivity index (χ2n) is 6.55. The van der Waals surface area contributed by atoms with E-state index in [1.54, 1.807) is 18.3 Å². The third-order valence-electron chi connectivity index (χ3n) is 4.22. The predicted molar refractivity (Wildman–Crippen MR) is 91.0 cm³/mol. The van der Waals surface area contributed by atoms with Crippen LogP contribution in [0.5, 0.6) is 0 Å². The summed E-state index contributed by atoms with van der Waals surface area (Å²) in [5.74, 6) is -0.113. The second kappa shape index (κ2) is 6.43. The normalized spacial score (nSPS) is 15.7. The quantitative estimate of drug-likeness (QED) is 0.806. The maximum Gasteiger partial charge on any atom is 0.329 e. The predicted octanol–water partition coefficient (Wildman–Crippen LogP) is 3.10.